The molecule has 12 atom stereocenters. The van der Waals surface area contributed by atoms with Gasteiger partial charge in [-0.1, -0.05) is 44.6 Å². The number of allylic oxidation sites excluding steroid dienone is 1. The molecule has 4 fully saturated rings. The van der Waals surface area contributed by atoms with Crippen LogP contribution in [-0.4, -0.2) is 39.8 Å². The van der Waals surface area contributed by atoms with E-state index in [1.807, 2.05) is 24.3 Å². The summed E-state index contributed by atoms with van der Waals surface area (Å²) in [4.78, 5) is 28.3. The molecule has 1 spiro atoms. The summed E-state index contributed by atoms with van der Waals surface area (Å²) in [6.07, 6.45) is 3.62. The highest BCUT2D eigenvalue weighted by Crippen LogP contribution is 2.68. The minimum Gasteiger partial charge on any atom is -0.490 e. The third-order valence-corrected chi connectivity index (χ3v) is 11.4. The molecular weight excluding hydrogens is 466 g/mol. The summed E-state index contributed by atoms with van der Waals surface area (Å²) in [5, 5.41) is 25.8. The Labute approximate surface area is 218 Å². The molecule has 1 aromatic rings. The largest absolute Gasteiger partial charge is 0.490 e. The molecule has 198 valence electrons. The lowest BCUT2D eigenvalue weighted by atomic mass is 9.51. The zero-order chi connectivity index (χ0) is 26.1. The molecule has 0 radical (unpaired) electrons. The maximum Gasteiger partial charge on any atom is 0.236 e. The van der Waals surface area contributed by atoms with Gasteiger partial charge in [-0.25, -0.2) is 0 Å². The van der Waals surface area contributed by atoms with Gasteiger partial charge in [0.25, 0.3) is 0 Å². The van der Waals surface area contributed by atoms with Crippen molar-refractivity contribution in [3.63, 3.8) is 0 Å². The highest BCUT2D eigenvalue weighted by atomic mass is 16.5. The Morgan fingerprint density at radius 2 is 1.84 bits per heavy atom. The second-order valence-corrected chi connectivity index (χ2v) is 13.9. The smallest absolute Gasteiger partial charge is 0.236 e. The van der Waals surface area contributed by atoms with Crippen LogP contribution in [0.2, 0.25) is 0 Å². The van der Waals surface area contributed by atoms with Crippen molar-refractivity contribution in [1.82, 2.24) is 5.32 Å². The molecule has 6 heteroatoms. The number of Topliss-reactive ketones (excluding diaryl/α,β-unsaturated/α-hetero) is 1. The number of ketones is 1. The van der Waals surface area contributed by atoms with Crippen molar-refractivity contribution in [2.24, 2.45) is 52.3 Å². The fourth-order valence-electron chi connectivity index (χ4n) is 10.7. The van der Waals surface area contributed by atoms with Crippen LogP contribution in [0.4, 0.5) is 0 Å². The number of rotatable bonds is 0. The summed E-state index contributed by atoms with van der Waals surface area (Å²) in [5.74, 6) is 0.697. The second kappa shape index (κ2) is 7.47. The highest BCUT2D eigenvalue weighted by molar-refractivity contribution is 6.09. The van der Waals surface area contributed by atoms with Gasteiger partial charge in [0.05, 0.1) is 6.10 Å². The molecule has 3 saturated carbocycles. The zero-order valence-corrected chi connectivity index (χ0v) is 22.2. The minimum atomic E-state index is -1.52. The summed E-state index contributed by atoms with van der Waals surface area (Å²) in [6, 6.07) is 7.85. The Bertz CT molecular complexity index is 1210. The molecule has 8 rings (SSSR count). The molecule has 1 aromatic carbocycles. The number of benzene rings is 1. The number of carbonyl (C=O) groups excluding carboxylic acids is 2. The molecule has 5 bridgehead atoms. The molecule has 4 aliphatic carbocycles. The van der Waals surface area contributed by atoms with Crippen molar-refractivity contribution >= 4 is 11.7 Å². The molecule has 37 heavy (non-hydrogen) atoms. The van der Waals surface area contributed by atoms with Crippen LogP contribution in [0.15, 0.2) is 35.9 Å². The van der Waals surface area contributed by atoms with Crippen LogP contribution in [0, 0.1) is 52.3 Å². The van der Waals surface area contributed by atoms with Gasteiger partial charge < -0.3 is 20.3 Å². The molecule has 1 saturated heterocycles. The topological polar surface area (TPSA) is 95.9 Å². The zero-order valence-electron chi connectivity index (χ0n) is 22.2. The van der Waals surface area contributed by atoms with E-state index in [2.05, 4.69) is 39.1 Å². The van der Waals surface area contributed by atoms with Crippen molar-refractivity contribution < 1.29 is 24.5 Å². The Kier molecular flexibility index (Phi) is 4.83. The monoisotopic (exact) mass is 505 g/mol. The van der Waals surface area contributed by atoms with Gasteiger partial charge in [-0.3, -0.25) is 9.59 Å². The lowest BCUT2D eigenvalue weighted by molar-refractivity contribution is -0.158. The number of aliphatic hydroxyl groups is 2. The first-order valence-electron chi connectivity index (χ1n) is 14.2. The first kappa shape index (κ1) is 23.9. The minimum absolute atomic E-state index is 0.000557. The van der Waals surface area contributed by atoms with Crippen molar-refractivity contribution in [3.05, 3.63) is 41.5 Å². The number of aliphatic hydroxyl groups excluding tert-OH is 1. The van der Waals surface area contributed by atoms with Crippen molar-refractivity contribution in [2.75, 3.05) is 0 Å². The van der Waals surface area contributed by atoms with Gasteiger partial charge in [-0.05, 0) is 67.1 Å². The van der Waals surface area contributed by atoms with Crippen LogP contribution in [0.1, 0.15) is 58.9 Å². The predicted octanol–water partition coefficient (Wildman–Crippen LogP) is 3.65. The number of ether oxygens (including phenoxy) is 1. The lowest BCUT2D eigenvalue weighted by Gasteiger charge is -2.51. The maximum absolute atomic E-state index is 14.7. The summed E-state index contributed by atoms with van der Waals surface area (Å²) < 4.78 is 6.93. The molecule has 3 N–H and O–H groups in total. The molecule has 0 aromatic heterocycles. The van der Waals surface area contributed by atoms with E-state index in [0.29, 0.717) is 11.8 Å². The third-order valence-electron chi connectivity index (χ3n) is 11.4. The van der Waals surface area contributed by atoms with Gasteiger partial charge in [0.1, 0.15) is 23.0 Å². The Balaban J connectivity index is 1.47. The van der Waals surface area contributed by atoms with E-state index in [4.69, 9.17) is 4.74 Å². The van der Waals surface area contributed by atoms with Crippen LogP contribution >= 0.6 is 0 Å². The van der Waals surface area contributed by atoms with Gasteiger partial charge in [0.15, 0.2) is 5.78 Å². The molecule has 1 unspecified atom stereocenters. The quantitative estimate of drug-likeness (QED) is 0.370. The first-order chi connectivity index (χ1) is 17.5. The normalized spacial score (nSPS) is 51.7. The van der Waals surface area contributed by atoms with Crippen molar-refractivity contribution in [1.29, 1.82) is 0 Å². The van der Waals surface area contributed by atoms with E-state index < -0.39 is 29.1 Å². The molecule has 3 heterocycles. The Morgan fingerprint density at radius 3 is 2.57 bits per heavy atom. The lowest BCUT2D eigenvalue weighted by Crippen LogP contribution is -2.58. The number of amides is 1. The number of carbonyl (C=O) groups is 2. The number of nitrogens with one attached hydrogen (secondary N) is 1. The van der Waals surface area contributed by atoms with Crippen LogP contribution in [-0.2, 0) is 16.0 Å². The highest BCUT2D eigenvalue weighted by Gasteiger charge is 2.71. The van der Waals surface area contributed by atoms with Crippen molar-refractivity contribution in [3.8, 4) is 5.75 Å². The van der Waals surface area contributed by atoms with Gasteiger partial charge in [0.2, 0.25) is 5.91 Å². The van der Waals surface area contributed by atoms with Crippen LogP contribution in [0.5, 0.6) is 5.75 Å². The SMILES string of the molecule is CC1=C[C@H]2[C@@H]3C(=O)[C@]4(C[C@H]2O)C[C@@](O)(Cc2ccc(cc2)OC2[C@H]3[C@@H]1[C@]1(C)C[C@H](C)C[C@H](C)[C@@H]21)NC4=O. The van der Waals surface area contributed by atoms with Crippen LogP contribution < -0.4 is 10.1 Å². The standard InChI is InChI=1S/C31H39NO5/c1-15-9-16(2)25-26-23-22-20(10-17(3)24(23)29(25,4)11-15)21(33)13-30(27(22)34)14-31(36,32-28(30)35)12-18-5-7-19(37-26)8-6-18/h5-8,10,15-16,20-26,33,36H,9,11-14H2,1-4H3,(H,32,35)/t15-,16+,20-,21-,22+,23-,24-,25+,26?,29+,30+,31+/m1/s1. The summed E-state index contributed by atoms with van der Waals surface area (Å²) in [5.41, 5.74) is -0.847. The molecule has 1 amide bonds. The average molecular weight is 506 g/mol. The van der Waals surface area contributed by atoms with Gasteiger partial charge in [0, 0.05) is 36.5 Å². The van der Waals surface area contributed by atoms with Gasteiger partial charge >= 0.3 is 0 Å². The molecule has 3 aliphatic heterocycles. The van der Waals surface area contributed by atoms with Crippen LogP contribution in [0.25, 0.3) is 0 Å². The predicted molar refractivity (Wildman–Crippen MR) is 137 cm³/mol. The average Bonchev–Trinajstić information content (AvgIpc) is 3.21. The second-order valence-electron chi connectivity index (χ2n) is 13.9. The van der Waals surface area contributed by atoms with Crippen molar-refractivity contribution in [2.45, 2.75) is 77.7 Å². The van der Waals surface area contributed by atoms with E-state index >= 15 is 0 Å². The summed E-state index contributed by atoms with van der Waals surface area (Å²) in [6.45, 7) is 9.25. The summed E-state index contributed by atoms with van der Waals surface area (Å²) >= 11 is 0. The van der Waals surface area contributed by atoms with E-state index in [-0.39, 0.29) is 60.2 Å². The third kappa shape index (κ3) is 3.06. The first-order valence-corrected chi connectivity index (χ1v) is 14.2. The van der Waals surface area contributed by atoms with E-state index in [9.17, 15) is 19.8 Å². The molecule has 7 aliphatic rings. The Morgan fingerprint density at radius 1 is 1.11 bits per heavy atom. The molecule has 6 nitrogen and oxygen atoms in total. The van der Waals surface area contributed by atoms with E-state index in [0.717, 1.165) is 24.2 Å². The fourth-order valence-corrected chi connectivity index (χ4v) is 10.7. The van der Waals surface area contributed by atoms with Gasteiger partial charge in [-0.2, -0.15) is 0 Å². The van der Waals surface area contributed by atoms with Gasteiger partial charge in [-0.15, -0.1) is 0 Å². The number of hydrogen-bond acceptors (Lipinski definition) is 5. The maximum atomic E-state index is 14.7. The molecular formula is C31H39NO5. The number of fused-ring (bicyclic) bond motifs is 4. The van der Waals surface area contributed by atoms with E-state index in [1.54, 1.807) is 0 Å². The summed E-state index contributed by atoms with van der Waals surface area (Å²) in [7, 11) is 0. The number of hydrogen-bond donors (Lipinski definition) is 3. The van der Waals surface area contributed by atoms with Crippen LogP contribution in [0.3, 0.4) is 0 Å². The Hall–Kier alpha value is -2.18. The fraction of sp³-hybridized carbons (Fsp3) is 0.677. The van der Waals surface area contributed by atoms with E-state index in [1.165, 1.54) is 5.57 Å².